The molecule has 1 unspecified atom stereocenters. The van der Waals surface area contributed by atoms with Crippen LogP contribution in [0.1, 0.15) is 48.1 Å². The summed E-state index contributed by atoms with van der Waals surface area (Å²) >= 11 is 12.5. The van der Waals surface area contributed by atoms with Crippen LogP contribution in [0.4, 0.5) is 0 Å². The van der Waals surface area contributed by atoms with Crippen LogP contribution in [-0.4, -0.2) is 35.3 Å². The number of fused-ring (bicyclic) bond motifs is 2. The zero-order valence-electron chi connectivity index (χ0n) is 15.7. The largest absolute Gasteiger partial charge is 0.298 e. The van der Waals surface area contributed by atoms with Crippen molar-refractivity contribution in [2.45, 2.75) is 44.6 Å². The van der Waals surface area contributed by atoms with Gasteiger partial charge in [0, 0.05) is 17.1 Å². The van der Waals surface area contributed by atoms with Gasteiger partial charge in [0.25, 0.3) is 0 Å². The molecule has 1 aromatic heterocycles. The highest BCUT2D eigenvalue weighted by molar-refractivity contribution is 6.30. The van der Waals surface area contributed by atoms with Gasteiger partial charge in [0.15, 0.2) is 0 Å². The van der Waals surface area contributed by atoms with E-state index in [9.17, 15) is 4.79 Å². The van der Waals surface area contributed by atoms with Crippen molar-refractivity contribution in [3.63, 3.8) is 0 Å². The lowest BCUT2D eigenvalue weighted by Gasteiger charge is -2.39. The van der Waals surface area contributed by atoms with Gasteiger partial charge in [0.1, 0.15) is 5.78 Å². The average Bonchev–Trinajstić information content (AvgIpc) is 2.78. The van der Waals surface area contributed by atoms with E-state index in [1.807, 2.05) is 6.07 Å². The molecule has 1 saturated heterocycles. The standard InChI is InChI=1S/C22H24Cl2N2O/c1-13(27)20-11-15(7-8-26(20)2)21-19-6-5-17(23)9-14(19)3-4-16-10-18(24)12-25-22(16)21/h5-6,9-10,12,15,20-21H,3-4,7-8,11H2,1-2H3/t15?,20-,21+/m1/s1. The van der Waals surface area contributed by atoms with Crippen LogP contribution in [0.25, 0.3) is 0 Å². The summed E-state index contributed by atoms with van der Waals surface area (Å²) in [7, 11) is 2.05. The van der Waals surface area contributed by atoms with Gasteiger partial charge in [-0.3, -0.25) is 14.7 Å². The maximum Gasteiger partial charge on any atom is 0.146 e. The molecule has 0 amide bonds. The molecule has 4 rings (SSSR count). The summed E-state index contributed by atoms with van der Waals surface area (Å²) in [6, 6.07) is 8.27. The Labute approximate surface area is 170 Å². The van der Waals surface area contributed by atoms with Crippen LogP contribution >= 0.6 is 23.2 Å². The van der Waals surface area contributed by atoms with Crippen molar-refractivity contribution in [2.75, 3.05) is 13.6 Å². The van der Waals surface area contributed by atoms with Crippen LogP contribution in [0.3, 0.4) is 0 Å². The monoisotopic (exact) mass is 402 g/mol. The number of likely N-dealkylation sites (N-methyl/N-ethyl adjacent to an activating group) is 1. The third-order valence-corrected chi connectivity index (χ3v) is 6.66. The summed E-state index contributed by atoms with van der Waals surface area (Å²) in [5.41, 5.74) is 4.94. The SMILES string of the molecule is CC(=O)[C@H]1CC([C@H]2c3ccc(Cl)cc3CCc3cc(Cl)cnc32)CCN1C. The topological polar surface area (TPSA) is 33.2 Å². The molecule has 27 heavy (non-hydrogen) atoms. The van der Waals surface area contributed by atoms with Crippen LogP contribution in [0, 0.1) is 5.92 Å². The maximum absolute atomic E-state index is 12.2. The minimum atomic E-state index is -0.0153. The Kier molecular flexibility index (Phi) is 5.28. The summed E-state index contributed by atoms with van der Waals surface area (Å²) in [4.78, 5) is 19.2. The lowest BCUT2D eigenvalue weighted by atomic mass is 9.74. The number of benzene rings is 1. The van der Waals surface area contributed by atoms with Gasteiger partial charge in [-0.2, -0.15) is 0 Å². The number of Topliss-reactive ketones (excluding diaryl/α,β-unsaturated/α-hetero) is 1. The van der Waals surface area contributed by atoms with Crippen LogP contribution in [0.5, 0.6) is 0 Å². The number of aryl methyl sites for hydroxylation is 2. The van der Waals surface area contributed by atoms with E-state index in [2.05, 4.69) is 30.1 Å². The van der Waals surface area contributed by atoms with Gasteiger partial charge in [0.05, 0.1) is 16.8 Å². The van der Waals surface area contributed by atoms with Crippen molar-refractivity contribution in [1.82, 2.24) is 9.88 Å². The van der Waals surface area contributed by atoms with Gasteiger partial charge in [-0.1, -0.05) is 29.3 Å². The number of carbonyl (C=O) groups is 1. The minimum Gasteiger partial charge on any atom is -0.298 e. The molecule has 1 aromatic carbocycles. The highest BCUT2D eigenvalue weighted by atomic mass is 35.5. The van der Waals surface area contributed by atoms with Crippen molar-refractivity contribution in [2.24, 2.45) is 5.92 Å². The molecule has 0 N–H and O–H groups in total. The predicted octanol–water partition coefficient (Wildman–Crippen LogP) is 4.92. The number of pyridine rings is 1. The summed E-state index contributed by atoms with van der Waals surface area (Å²) in [6.45, 7) is 2.63. The van der Waals surface area contributed by atoms with Crippen molar-refractivity contribution >= 4 is 29.0 Å². The number of ketones is 1. The predicted molar refractivity (Wildman–Crippen MR) is 110 cm³/mol. The first-order valence-corrected chi connectivity index (χ1v) is 10.3. The molecule has 1 fully saturated rings. The first-order chi connectivity index (χ1) is 12.9. The normalized spacial score (nSPS) is 25.4. The van der Waals surface area contributed by atoms with E-state index >= 15 is 0 Å². The lowest BCUT2D eigenvalue weighted by molar-refractivity contribution is -0.123. The fourth-order valence-electron chi connectivity index (χ4n) is 4.85. The molecule has 2 aromatic rings. The number of aromatic nitrogens is 1. The molecule has 2 aliphatic rings. The third-order valence-electron chi connectivity index (χ3n) is 6.22. The molecular formula is C22H24Cl2N2O. The zero-order valence-corrected chi connectivity index (χ0v) is 17.2. The minimum absolute atomic E-state index is 0.0153. The maximum atomic E-state index is 12.2. The molecule has 5 heteroatoms. The van der Waals surface area contributed by atoms with Crippen LogP contribution in [-0.2, 0) is 17.6 Å². The number of hydrogen-bond donors (Lipinski definition) is 0. The van der Waals surface area contributed by atoms with Gasteiger partial charge < -0.3 is 0 Å². The second kappa shape index (κ2) is 7.54. The first kappa shape index (κ1) is 18.9. The molecule has 0 saturated carbocycles. The molecule has 3 nitrogen and oxygen atoms in total. The van der Waals surface area contributed by atoms with Gasteiger partial charge >= 0.3 is 0 Å². The highest BCUT2D eigenvalue weighted by Gasteiger charge is 2.37. The van der Waals surface area contributed by atoms with Crippen molar-refractivity contribution in [3.05, 3.63) is 62.9 Å². The number of hydrogen-bond acceptors (Lipinski definition) is 3. The van der Waals surface area contributed by atoms with Crippen LogP contribution in [0.2, 0.25) is 10.0 Å². The van der Waals surface area contributed by atoms with Gasteiger partial charge in [-0.25, -0.2) is 0 Å². The van der Waals surface area contributed by atoms with E-state index in [-0.39, 0.29) is 17.7 Å². The Morgan fingerprint density at radius 2 is 1.89 bits per heavy atom. The van der Waals surface area contributed by atoms with Gasteiger partial charge in [-0.15, -0.1) is 0 Å². The Morgan fingerprint density at radius 3 is 2.67 bits per heavy atom. The fourth-order valence-corrected chi connectivity index (χ4v) is 5.22. The molecule has 142 valence electrons. The molecule has 0 spiro atoms. The lowest BCUT2D eigenvalue weighted by Crippen LogP contribution is -2.45. The Morgan fingerprint density at radius 1 is 1.15 bits per heavy atom. The van der Waals surface area contributed by atoms with E-state index in [4.69, 9.17) is 28.2 Å². The van der Waals surface area contributed by atoms with Crippen molar-refractivity contribution in [3.8, 4) is 0 Å². The van der Waals surface area contributed by atoms with E-state index in [1.165, 1.54) is 16.7 Å². The number of carbonyl (C=O) groups excluding carboxylic acids is 1. The van der Waals surface area contributed by atoms with Crippen molar-refractivity contribution in [1.29, 1.82) is 0 Å². The van der Waals surface area contributed by atoms with E-state index < -0.39 is 0 Å². The van der Waals surface area contributed by atoms with E-state index in [1.54, 1.807) is 13.1 Å². The van der Waals surface area contributed by atoms with E-state index in [0.29, 0.717) is 10.9 Å². The molecule has 0 bridgehead atoms. The highest BCUT2D eigenvalue weighted by Crippen LogP contribution is 2.44. The number of nitrogens with zero attached hydrogens (tertiary/aromatic N) is 2. The van der Waals surface area contributed by atoms with Crippen LogP contribution < -0.4 is 0 Å². The van der Waals surface area contributed by atoms with Gasteiger partial charge in [0.2, 0.25) is 0 Å². The zero-order chi connectivity index (χ0) is 19.1. The molecule has 1 aliphatic heterocycles. The van der Waals surface area contributed by atoms with Gasteiger partial charge in [-0.05, 0) is 87.0 Å². The Hall–Kier alpha value is -1.42. The molecule has 0 radical (unpaired) electrons. The number of piperidine rings is 1. The Balaban J connectivity index is 1.82. The molecular weight excluding hydrogens is 379 g/mol. The van der Waals surface area contributed by atoms with Crippen molar-refractivity contribution < 1.29 is 4.79 Å². The first-order valence-electron chi connectivity index (χ1n) is 9.57. The summed E-state index contributed by atoms with van der Waals surface area (Å²) in [6.07, 6.45) is 5.52. The molecule has 1 aliphatic carbocycles. The van der Waals surface area contributed by atoms with Crippen LogP contribution in [0.15, 0.2) is 30.5 Å². The second-order valence-corrected chi connectivity index (χ2v) is 8.78. The fraction of sp³-hybridized carbons (Fsp3) is 0.455. The average molecular weight is 403 g/mol. The number of likely N-dealkylation sites (tertiary alicyclic amines) is 1. The number of rotatable bonds is 2. The number of halogens is 2. The summed E-state index contributed by atoms with van der Waals surface area (Å²) < 4.78 is 0. The van der Waals surface area contributed by atoms with E-state index in [0.717, 1.165) is 42.9 Å². The quantitative estimate of drug-likeness (QED) is 0.714. The molecule has 2 heterocycles. The third kappa shape index (κ3) is 3.65. The summed E-state index contributed by atoms with van der Waals surface area (Å²) in [5.74, 6) is 0.805. The smallest absolute Gasteiger partial charge is 0.146 e. The summed E-state index contributed by atoms with van der Waals surface area (Å²) in [5, 5.41) is 1.45. The Bertz CT molecular complexity index is 829. The molecule has 3 atom stereocenters. The second-order valence-electron chi connectivity index (χ2n) is 7.91.